The molecule has 5 nitrogen and oxygen atoms in total. The van der Waals surface area contributed by atoms with Crippen molar-refractivity contribution in [3.63, 3.8) is 0 Å². The highest BCUT2D eigenvalue weighted by Gasteiger charge is 2.42. The van der Waals surface area contributed by atoms with Gasteiger partial charge in [-0.2, -0.15) is 0 Å². The van der Waals surface area contributed by atoms with E-state index in [0.29, 0.717) is 5.95 Å². The first-order valence-electron chi connectivity index (χ1n) is 10.3. The highest BCUT2D eigenvalue weighted by atomic mass is 15.2. The predicted molar refractivity (Wildman–Crippen MR) is 109 cm³/mol. The lowest BCUT2D eigenvalue weighted by Crippen LogP contribution is -2.51. The van der Waals surface area contributed by atoms with E-state index in [-0.39, 0.29) is 5.41 Å². The number of hydrogen-bond acceptors (Lipinski definition) is 5. The monoisotopic (exact) mass is 363 g/mol. The highest BCUT2D eigenvalue weighted by molar-refractivity contribution is 5.72. The summed E-state index contributed by atoms with van der Waals surface area (Å²) in [7, 11) is 2.24. The van der Waals surface area contributed by atoms with Crippen molar-refractivity contribution in [2.75, 3.05) is 39.0 Å². The van der Waals surface area contributed by atoms with E-state index in [9.17, 15) is 0 Å². The Morgan fingerprint density at radius 1 is 1.07 bits per heavy atom. The molecule has 5 heteroatoms. The number of nitrogen functional groups attached to an aromatic ring is 1. The molecule has 5 rings (SSSR count). The normalized spacial score (nSPS) is 23.1. The number of benzene rings is 1. The summed E-state index contributed by atoms with van der Waals surface area (Å²) in [6.45, 7) is 4.88. The minimum Gasteiger partial charge on any atom is -0.368 e. The largest absolute Gasteiger partial charge is 0.368 e. The molecule has 1 spiro atoms. The zero-order chi connectivity index (χ0) is 18.4. The maximum atomic E-state index is 5.89. The molecule has 0 atom stereocenters. The number of rotatable bonds is 1. The Kier molecular flexibility index (Phi) is 4.17. The first-order chi connectivity index (χ1) is 13.1. The topological polar surface area (TPSA) is 58.3 Å². The van der Waals surface area contributed by atoms with Crippen molar-refractivity contribution in [2.45, 2.75) is 43.6 Å². The zero-order valence-corrected chi connectivity index (χ0v) is 16.2. The van der Waals surface area contributed by atoms with E-state index in [1.807, 2.05) is 6.20 Å². The lowest BCUT2D eigenvalue weighted by molar-refractivity contribution is 0.0742. The third kappa shape index (κ3) is 2.93. The average molecular weight is 364 g/mol. The van der Waals surface area contributed by atoms with Crippen LogP contribution in [0.2, 0.25) is 0 Å². The molecular formula is C22H29N5. The molecule has 1 aromatic carbocycles. The van der Waals surface area contributed by atoms with Crippen molar-refractivity contribution in [1.82, 2.24) is 19.8 Å². The second-order valence-corrected chi connectivity index (χ2v) is 8.68. The number of likely N-dealkylation sites (tertiary alicyclic amines) is 2. The van der Waals surface area contributed by atoms with Crippen LogP contribution in [0.15, 0.2) is 30.5 Å². The molecule has 3 aliphatic rings. The molecule has 2 fully saturated rings. The van der Waals surface area contributed by atoms with Crippen LogP contribution in [-0.2, 0) is 11.8 Å². The van der Waals surface area contributed by atoms with E-state index in [1.54, 1.807) is 0 Å². The van der Waals surface area contributed by atoms with E-state index in [0.717, 1.165) is 18.2 Å². The van der Waals surface area contributed by atoms with E-state index in [2.05, 4.69) is 51.1 Å². The van der Waals surface area contributed by atoms with Crippen LogP contribution in [0, 0.1) is 0 Å². The minimum absolute atomic E-state index is 0.227. The molecule has 0 bridgehead atoms. The Morgan fingerprint density at radius 3 is 2.59 bits per heavy atom. The Bertz CT molecular complexity index is 832. The SMILES string of the molecule is CN1CCC(N2CCC3(CC2)Cc2cnc(N)nc2-c2ccccc23)CC1. The molecule has 0 amide bonds. The number of piperidine rings is 2. The maximum Gasteiger partial charge on any atom is 0.220 e. The van der Waals surface area contributed by atoms with Crippen LogP contribution in [0.1, 0.15) is 36.8 Å². The van der Waals surface area contributed by atoms with Gasteiger partial charge in [-0.3, -0.25) is 0 Å². The van der Waals surface area contributed by atoms with Crippen molar-refractivity contribution in [3.8, 4) is 11.3 Å². The first kappa shape index (κ1) is 17.1. The third-order valence-electron chi connectivity index (χ3n) is 7.13. The van der Waals surface area contributed by atoms with Crippen molar-refractivity contribution >= 4 is 5.95 Å². The fraction of sp³-hybridized carbons (Fsp3) is 0.545. The van der Waals surface area contributed by atoms with Crippen molar-refractivity contribution < 1.29 is 0 Å². The molecule has 3 heterocycles. The van der Waals surface area contributed by atoms with Gasteiger partial charge in [0.1, 0.15) is 0 Å². The van der Waals surface area contributed by atoms with Crippen molar-refractivity contribution in [1.29, 1.82) is 0 Å². The summed E-state index contributed by atoms with van der Waals surface area (Å²) in [5.41, 5.74) is 11.2. The minimum atomic E-state index is 0.227. The van der Waals surface area contributed by atoms with E-state index >= 15 is 0 Å². The van der Waals surface area contributed by atoms with Gasteiger partial charge in [-0.15, -0.1) is 0 Å². The molecule has 142 valence electrons. The molecule has 2 N–H and O–H groups in total. The summed E-state index contributed by atoms with van der Waals surface area (Å²) in [6, 6.07) is 9.60. The third-order valence-corrected chi connectivity index (χ3v) is 7.13. The van der Waals surface area contributed by atoms with Crippen LogP contribution in [0.5, 0.6) is 0 Å². The quantitative estimate of drug-likeness (QED) is 0.844. The van der Waals surface area contributed by atoms with E-state index in [1.165, 1.54) is 68.6 Å². The van der Waals surface area contributed by atoms with Gasteiger partial charge >= 0.3 is 0 Å². The molecule has 0 radical (unpaired) electrons. The van der Waals surface area contributed by atoms with Crippen LogP contribution < -0.4 is 5.73 Å². The van der Waals surface area contributed by atoms with Crippen LogP contribution >= 0.6 is 0 Å². The Labute approximate surface area is 161 Å². The van der Waals surface area contributed by atoms with Gasteiger partial charge in [0.2, 0.25) is 5.95 Å². The van der Waals surface area contributed by atoms with Crippen LogP contribution in [0.3, 0.4) is 0 Å². The number of fused-ring (bicyclic) bond motifs is 4. The maximum absolute atomic E-state index is 5.89. The van der Waals surface area contributed by atoms with Gasteiger partial charge in [0.25, 0.3) is 0 Å². The Balaban J connectivity index is 1.42. The van der Waals surface area contributed by atoms with Gasteiger partial charge in [0.05, 0.1) is 5.69 Å². The standard InChI is InChI=1S/C22H29N5/c1-26-10-6-17(7-11-26)27-12-8-22(9-13-27)14-16-15-24-21(23)25-20(16)18-4-2-3-5-19(18)22/h2-5,15,17H,6-14H2,1H3,(H2,23,24,25). The number of anilines is 1. The fourth-order valence-electron chi connectivity index (χ4n) is 5.52. The molecule has 0 saturated carbocycles. The molecule has 2 saturated heterocycles. The molecule has 0 unspecified atom stereocenters. The molecule has 1 aliphatic carbocycles. The summed E-state index contributed by atoms with van der Waals surface area (Å²) in [6.07, 6.45) is 8.08. The van der Waals surface area contributed by atoms with Gasteiger partial charge < -0.3 is 15.5 Å². The summed E-state index contributed by atoms with van der Waals surface area (Å²) >= 11 is 0. The van der Waals surface area contributed by atoms with Crippen molar-refractivity contribution in [2.24, 2.45) is 0 Å². The van der Waals surface area contributed by atoms with E-state index in [4.69, 9.17) is 5.73 Å². The summed E-state index contributed by atoms with van der Waals surface area (Å²) in [5.74, 6) is 0.372. The number of nitrogens with two attached hydrogens (primary N) is 1. The molecule has 2 aliphatic heterocycles. The molecular weight excluding hydrogens is 334 g/mol. The molecule has 27 heavy (non-hydrogen) atoms. The first-order valence-corrected chi connectivity index (χ1v) is 10.3. The van der Waals surface area contributed by atoms with Gasteiger partial charge in [0.15, 0.2) is 0 Å². The number of hydrogen-bond donors (Lipinski definition) is 1. The highest BCUT2D eigenvalue weighted by Crippen LogP contribution is 2.48. The summed E-state index contributed by atoms with van der Waals surface area (Å²) in [5, 5.41) is 0. The predicted octanol–water partition coefficient (Wildman–Crippen LogP) is 2.71. The molecule has 2 aromatic rings. The zero-order valence-electron chi connectivity index (χ0n) is 16.2. The van der Waals surface area contributed by atoms with E-state index < -0.39 is 0 Å². The average Bonchev–Trinajstić information content (AvgIpc) is 2.70. The lowest BCUT2D eigenvalue weighted by Gasteiger charge is -2.48. The van der Waals surface area contributed by atoms with Crippen LogP contribution in [-0.4, -0.2) is 59.0 Å². The van der Waals surface area contributed by atoms with Crippen LogP contribution in [0.25, 0.3) is 11.3 Å². The van der Waals surface area contributed by atoms with Gasteiger partial charge in [-0.25, -0.2) is 9.97 Å². The van der Waals surface area contributed by atoms with Gasteiger partial charge in [-0.1, -0.05) is 24.3 Å². The number of nitrogens with zero attached hydrogens (tertiary/aromatic N) is 4. The second-order valence-electron chi connectivity index (χ2n) is 8.68. The summed E-state index contributed by atoms with van der Waals surface area (Å²) in [4.78, 5) is 14.1. The lowest BCUT2D eigenvalue weighted by atomic mass is 9.64. The molecule has 1 aromatic heterocycles. The smallest absolute Gasteiger partial charge is 0.220 e. The van der Waals surface area contributed by atoms with Crippen molar-refractivity contribution in [3.05, 3.63) is 41.6 Å². The second kappa shape index (κ2) is 6.57. The van der Waals surface area contributed by atoms with Gasteiger partial charge in [-0.05, 0) is 76.5 Å². The summed E-state index contributed by atoms with van der Waals surface area (Å²) < 4.78 is 0. The number of aromatic nitrogens is 2. The Morgan fingerprint density at radius 2 is 1.81 bits per heavy atom. The Hall–Kier alpha value is -1.98. The van der Waals surface area contributed by atoms with Gasteiger partial charge in [0, 0.05) is 23.2 Å². The van der Waals surface area contributed by atoms with Crippen LogP contribution in [0.4, 0.5) is 5.95 Å². The fourth-order valence-corrected chi connectivity index (χ4v) is 5.52.